The summed E-state index contributed by atoms with van der Waals surface area (Å²) in [7, 11) is -3.61. The first-order chi connectivity index (χ1) is 15.4. The molecule has 0 fully saturated rings. The first-order valence-corrected chi connectivity index (χ1v) is 13.2. The van der Waals surface area contributed by atoms with Gasteiger partial charge >= 0.3 is 16.1 Å². The summed E-state index contributed by atoms with van der Waals surface area (Å²) in [5, 5.41) is 3.19. The smallest absolute Gasteiger partial charge is 0.322 e. The van der Waals surface area contributed by atoms with Crippen molar-refractivity contribution in [2.45, 2.75) is 66.8 Å². The average Bonchev–Trinajstić information content (AvgIpc) is 2.72. The minimum absolute atomic E-state index is 0.105. The Morgan fingerprint density at radius 3 is 2.06 bits per heavy atom. The lowest BCUT2D eigenvalue weighted by Gasteiger charge is -2.27. The molecule has 0 saturated carbocycles. The molecule has 1 N–H and O–H groups in total. The van der Waals surface area contributed by atoms with E-state index in [9.17, 15) is 13.2 Å². The molecule has 6 nitrogen and oxygen atoms in total. The first-order valence-electron chi connectivity index (χ1n) is 11.6. The van der Waals surface area contributed by atoms with Crippen LogP contribution in [0.15, 0.2) is 42.5 Å². The van der Waals surface area contributed by atoms with Crippen LogP contribution in [-0.4, -0.2) is 31.6 Å². The van der Waals surface area contributed by atoms with Gasteiger partial charge in [-0.25, -0.2) is 4.79 Å². The number of hydrogen-bond donors (Lipinski definition) is 1. The standard InChI is InChI=1S/C26H38N2O4S/c1-8-33(30,31)32-22-12-9-11-21(15-22)17-28(16-18(2)3)26(29)27-25-23(19(4)5)13-10-14-24(25)20(6)7/h9-15,18-20H,8,16-17H2,1-7H3,(H,27,29). The van der Waals surface area contributed by atoms with E-state index in [-0.39, 0.29) is 35.3 Å². The molecule has 0 saturated heterocycles. The van der Waals surface area contributed by atoms with Crippen LogP contribution in [0.1, 0.15) is 77.0 Å². The molecular weight excluding hydrogens is 436 g/mol. The molecule has 0 aliphatic heterocycles. The molecule has 182 valence electrons. The molecule has 7 heteroatoms. The largest absolute Gasteiger partial charge is 0.382 e. The van der Waals surface area contributed by atoms with Crippen molar-refractivity contribution in [3.8, 4) is 5.75 Å². The van der Waals surface area contributed by atoms with E-state index >= 15 is 0 Å². The summed E-state index contributed by atoms with van der Waals surface area (Å²) in [6, 6.07) is 12.9. The third-order valence-electron chi connectivity index (χ3n) is 5.33. The number of carbonyl (C=O) groups is 1. The van der Waals surface area contributed by atoms with Crippen molar-refractivity contribution in [2.75, 3.05) is 17.6 Å². The Morgan fingerprint density at radius 1 is 0.970 bits per heavy atom. The molecular formula is C26H38N2O4S. The molecule has 0 aliphatic rings. The number of hydrogen-bond acceptors (Lipinski definition) is 4. The number of urea groups is 1. The summed E-state index contributed by atoms with van der Waals surface area (Å²) in [4.78, 5) is 15.2. The summed E-state index contributed by atoms with van der Waals surface area (Å²) >= 11 is 0. The quantitative estimate of drug-likeness (QED) is 0.407. The zero-order chi connectivity index (χ0) is 24.8. The minimum atomic E-state index is -3.61. The van der Waals surface area contributed by atoms with Crippen LogP contribution in [0.25, 0.3) is 0 Å². The fourth-order valence-electron chi connectivity index (χ4n) is 3.66. The predicted molar refractivity (Wildman–Crippen MR) is 135 cm³/mol. The zero-order valence-corrected chi connectivity index (χ0v) is 21.7. The lowest BCUT2D eigenvalue weighted by atomic mass is 9.93. The second-order valence-corrected chi connectivity index (χ2v) is 11.3. The predicted octanol–water partition coefficient (Wildman–Crippen LogP) is 6.35. The Morgan fingerprint density at radius 2 is 1.55 bits per heavy atom. The monoisotopic (exact) mass is 474 g/mol. The van der Waals surface area contributed by atoms with E-state index in [1.807, 2.05) is 12.1 Å². The molecule has 33 heavy (non-hydrogen) atoms. The highest BCUT2D eigenvalue weighted by Gasteiger charge is 2.21. The number of rotatable bonds is 10. The normalized spacial score (nSPS) is 11.8. The van der Waals surface area contributed by atoms with Crippen LogP contribution in [0, 0.1) is 5.92 Å². The van der Waals surface area contributed by atoms with Crippen molar-refractivity contribution in [1.29, 1.82) is 0 Å². The lowest BCUT2D eigenvalue weighted by Crippen LogP contribution is -2.37. The summed E-state index contributed by atoms with van der Waals surface area (Å²) in [6.45, 7) is 15.1. The zero-order valence-electron chi connectivity index (χ0n) is 20.9. The van der Waals surface area contributed by atoms with Crippen molar-refractivity contribution in [2.24, 2.45) is 5.92 Å². The highest BCUT2D eigenvalue weighted by atomic mass is 32.2. The lowest BCUT2D eigenvalue weighted by molar-refractivity contribution is 0.201. The van der Waals surface area contributed by atoms with Crippen molar-refractivity contribution in [3.05, 3.63) is 59.2 Å². The molecule has 0 aliphatic carbocycles. The van der Waals surface area contributed by atoms with Gasteiger partial charge in [-0.1, -0.05) is 71.9 Å². The number of carbonyl (C=O) groups excluding carboxylic acids is 1. The number of amides is 2. The number of benzene rings is 2. The van der Waals surface area contributed by atoms with Crippen LogP contribution in [0.4, 0.5) is 10.5 Å². The van der Waals surface area contributed by atoms with Crippen LogP contribution in [0.2, 0.25) is 0 Å². The van der Waals surface area contributed by atoms with E-state index in [1.54, 1.807) is 23.1 Å². The van der Waals surface area contributed by atoms with Gasteiger partial charge in [0, 0.05) is 18.8 Å². The summed E-state index contributed by atoms with van der Waals surface area (Å²) < 4.78 is 28.8. The van der Waals surface area contributed by atoms with Crippen LogP contribution in [0.5, 0.6) is 5.75 Å². The molecule has 0 spiro atoms. The summed E-state index contributed by atoms with van der Waals surface area (Å²) in [5.41, 5.74) is 3.90. The third kappa shape index (κ3) is 7.77. The summed E-state index contributed by atoms with van der Waals surface area (Å²) in [6.07, 6.45) is 0. The maximum absolute atomic E-state index is 13.4. The van der Waals surface area contributed by atoms with Gasteiger partial charge in [0.1, 0.15) is 5.75 Å². The second-order valence-electron chi connectivity index (χ2n) is 9.40. The Kier molecular flexibility index (Phi) is 9.35. The van der Waals surface area contributed by atoms with Gasteiger partial charge in [0.15, 0.2) is 0 Å². The van der Waals surface area contributed by atoms with Crippen LogP contribution in [0.3, 0.4) is 0 Å². The van der Waals surface area contributed by atoms with E-state index in [1.165, 1.54) is 6.92 Å². The minimum Gasteiger partial charge on any atom is -0.382 e. The van der Waals surface area contributed by atoms with E-state index in [4.69, 9.17) is 4.18 Å². The molecule has 2 aromatic rings. The molecule has 0 radical (unpaired) electrons. The maximum atomic E-state index is 13.4. The van der Waals surface area contributed by atoms with Gasteiger partial charge in [0.2, 0.25) is 0 Å². The van der Waals surface area contributed by atoms with E-state index in [0.717, 1.165) is 22.4 Å². The fraction of sp³-hybridized carbons (Fsp3) is 0.500. The molecule has 2 amide bonds. The molecule has 2 aromatic carbocycles. The summed E-state index contributed by atoms with van der Waals surface area (Å²) in [5.74, 6) is 0.956. The van der Waals surface area contributed by atoms with Gasteiger partial charge in [-0.3, -0.25) is 0 Å². The van der Waals surface area contributed by atoms with Crippen molar-refractivity contribution in [1.82, 2.24) is 4.90 Å². The van der Waals surface area contributed by atoms with E-state index in [0.29, 0.717) is 13.1 Å². The van der Waals surface area contributed by atoms with Gasteiger partial charge < -0.3 is 14.4 Å². The molecule has 0 bridgehead atoms. The highest BCUT2D eigenvalue weighted by Crippen LogP contribution is 2.32. The van der Waals surface area contributed by atoms with Crippen molar-refractivity contribution in [3.63, 3.8) is 0 Å². The molecule has 2 rings (SSSR count). The van der Waals surface area contributed by atoms with Gasteiger partial charge in [0.05, 0.1) is 5.75 Å². The van der Waals surface area contributed by atoms with Gasteiger partial charge in [0.25, 0.3) is 0 Å². The SMILES string of the molecule is CCS(=O)(=O)Oc1cccc(CN(CC(C)C)C(=O)Nc2c(C(C)C)cccc2C(C)C)c1. The average molecular weight is 475 g/mol. The molecule has 0 aromatic heterocycles. The topological polar surface area (TPSA) is 75.7 Å². The maximum Gasteiger partial charge on any atom is 0.322 e. The molecule has 0 unspecified atom stereocenters. The Labute approximate surface area is 199 Å². The molecule has 0 heterocycles. The fourth-order valence-corrected chi connectivity index (χ4v) is 4.18. The van der Waals surface area contributed by atoms with Crippen LogP contribution >= 0.6 is 0 Å². The Hall–Kier alpha value is -2.54. The van der Waals surface area contributed by atoms with Gasteiger partial charge in [-0.15, -0.1) is 0 Å². The number of para-hydroxylation sites is 1. The highest BCUT2D eigenvalue weighted by molar-refractivity contribution is 7.87. The number of anilines is 1. The Bertz CT molecular complexity index is 1020. The third-order valence-corrected chi connectivity index (χ3v) is 6.48. The number of nitrogens with zero attached hydrogens (tertiary/aromatic N) is 1. The van der Waals surface area contributed by atoms with Gasteiger partial charge in [-0.2, -0.15) is 8.42 Å². The second kappa shape index (κ2) is 11.5. The van der Waals surface area contributed by atoms with Gasteiger partial charge in [-0.05, 0) is 53.5 Å². The van der Waals surface area contributed by atoms with Crippen LogP contribution < -0.4 is 9.50 Å². The van der Waals surface area contributed by atoms with Crippen LogP contribution in [-0.2, 0) is 16.7 Å². The van der Waals surface area contributed by atoms with E-state index < -0.39 is 10.1 Å². The van der Waals surface area contributed by atoms with Crippen molar-refractivity contribution >= 4 is 21.8 Å². The Balaban J connectivity index is 2.33. The van der Waals surface area contributed by atoms with E-state index in [2.05, 4.69) is 59.0 Å². The van der Waals surface area contributed by atoms with Crippen molar-refractivity contribution < 1.29 is 17.4 Å². The first kappa shape index (κ1) is 26.7. The number of nitrogens with one attached hydrogen (secondary N) is 1. The molecule has 0 atom stereocenters.